The van der Waals surface area contributed by atoms with Crippen LogP contribution in [0.2, 0.25) is 0 Å². The smallest absolute Gasteiger partial charge is 0.0267 e. The first-order chi connectivity index (χ1) is 6.00. The van der Waals surface area contributed by atoms with Gasteiger partial charge in [-0.3, -0.25) is 18.1 Å². The standard InChI is InChI=1S/C5H5N.2C2H3.ClH.2H2N.Pt/c1-2-4-6-5-3-1;2*1-2;;;;/h1-5H;2*1H,2H2;1H;2*1H2;/q;2*-1;;2*-1;+1/p-1. The Balaban J connectivity index is -0.0000000300. The molecule has 0 saturated heterocycles. The van der Waals surface area contributed by atoms with Crippen molar-refractivity contribution in [2.75, 3.05) is 0 Å². The molecule has 0 fully saturated rings. The molecule has 0 aromatic carbocycles. The Morgan fingerprint density at radius 3 is 1.21 bits per heavy atom. The Bertz CT molecular complexity index is 112. The average molecular weight is 396 g/mol. The van der Waals surface area contributed by atoms with E-state index in [4.69, 9.17) is 0 Å². The van der Waals surface area contributed by atoms with Crippen molar-refractivity contribution in [1.82, 2.24) is 4.98 Å². The number of rotatable bonds is 0. The van der Waals surface area contributed by atoms with E-state index in [0.717, 1.165) is 0 Å². The van der Waals surface area contributed by atoms with Crippen LogP contribution in [0, 0.1) is 13.2 Å². The molecule has 0 amide bonds. The molecule has 14 heavy (non-hydrogen) atoms. The fraction of sp³-hybridized carbons (Fsp3) is 0. The van der Waals surface area contributed by atoms with Gasteiger partial charge in [0.25, 0.3) is 0 Å². The summed E-state index contributed by atoms with van der Waals surface area (Å²) >= 11 is 1.61. The van der Waals surface area contributed by atoms with Crippen molar-refractivity contribution < 1.29 is 18.8 Å². The minimum Gasteiger partial charge on any atom is -0.693 e. The van der Waals surface area contributed by atoms with E-state index in [1.54, 1.807) is 31.2 Å². The van der Waals surface area contributed by atoms with Gasteiger partial charge in [-0.1, -0.05) is 6.07 Å². The van der Waals surface area contributed by atoms with Gasteiger partial charge in [-0.05, 0) is 12.1 Å². The SMILES string of the molecule is [CH-]=C.[CH-]=C.[Cl][Pt].[NH2-].[NH2-].c1ccncc1. The minimum absolute atomic E-state index is 0. The normalized spacial score (nSPS) is 4.50. The van der Waals surface area contributed by atoms with Crippen LogP contribution in [0.3, 0.4) is 0 Å². The van der Waals surface area contributed by atoms with E-state index in [1.807, 2.05) is 18.2 Å². The third kappa shape index (κ3) is 41.8. The van der Waals surface area contributed by atoms with E-state index in [-0.39, 0.29) is 12.3 Å². The summed E-state index contributed by atoms with van der Waals surface area (Å²) < 4.78 is 0. The van der Waals surface area contributed by atoms with Gasteiger partial charge in [-0.15, -0.1) is 0 Å². The molecule has 1 aromatic rings. The average Bonchev–Trinajstić information content (AvgIpc) is 2.29. The fourth-order valence-electron chi connectivity index (χ4n) is 0.313. The van der Waals surface area contributed by atoms with E-state index in [1.165, 1.54) is 0 Å². The molecule has 0 unspecified atom stereocenters. The first kappa shape index (κ1) is 29.2. The zero-order valence-corrected chi connectivity index (χ0v) is 10.8. The van der Waals surface area contributed by atoms with Crippen LogP contribution < -0.4 is 0 Å². The number of aromatic nitrogens is 1. The van der Waals surface area contributed by atoms with Crippen LogP contribution in [0.5, 0.6) is 0 Å². The molecule has 4 N–H and O–H groups in total. The number of hydrogen-bond acceptors (Lipinski definition) is 1. The molecule has 0 saturated carbocycles. The third-order valence-electron chi connectivity index (χ3n) is 0.566. The monoisotopic (exact) mass is 395 g/mol. The van der Waals surface area contributed by atoms with E-state index in [9.17, 15) is 0 Å². The third-order valence-corrected chi connectivity index (χ3v) is 0.566. The molecule has 5 heteroatoms. The quantitative estimate of drug-likeness (QED) is 0.599. The Kier molecular flexibility index (Phi) is 114. The summed E-state index contributed by atoms with van der Waals surface area (Å²) in [6.07, 6.45) is 3.50. The molecule has 1 rings (SSSR count). The van der Waals surface area contributed by atoms with Crippen molar-refractivity contribution in [3.63, 3.8) is 0 Å². The van der Waals surface area contributed by atoms with Gasteiger partial charge in [0.2, 0.25) is 0 Å². The Morgan fingerprint density at radius 1 is 0.857 bits per heavy atom. The van der Waals surface area contributed by atoms with Gasteiger partial charge in [0, 0.05) is 12.4 Å². The Hall–Kier alpha value is -0.472. The maximum atomic E-state index is 4.61. The molecular formula is C9H15ClN3Pt-4. The molecule has 3 nitrogen and oxygen atoms in total. The van der Waals surface area contributed by atoms with E-state index < -0.39 is 0 Å². The molecule has 0 radical (unpaired) electrons. The molecule has 87 valence electrons. The summed E-state index contributed by atoms with van der Waals surface area (Å²) in [5.74, 6) is 0. The number of halogens is 1. The maximum absolute atomic E-state index is 4.61. The van der Waals surface area contributed by atoms with Gasteiger partial charge in [0.05, 0.1) is 0 Å². The van der Waals surface area contributed by atoms with Crippen molar-refractivity contribution in [3.8, 4) is 0 Å². The van der Waals surface area contributed by atoms with Gasteiger partial charge >= 0.3 is 28.2 Å². The largest absolute Gasteiger partial charge is 0.693 e. The van der Waals surface area contributed by atoms with Gasteiger partial charge in [-0.25, -0.2) is 0 Å². The fourth-order valence-corrected chi connectivity index (χ4v) is 0.313. The van der Waals surface area contributed by atoms with Crippen LogP contribution in [0.1, 0.15) is 0 Å². The summed E-state index contributed by atoms with van der Waals surface area (Å²) in [6.45, 7) is 14.0. The second-order valence-electron chi connectivity index (χ2n) is 1.02. The van der Waals surface area contributed by atoms with Crippen LogP contribution in [0.25, 0.3) is 12.3 Å². The second kappa shape index (κ2) is 54.5. The number of nitrogens with zero attached hydrogens (tertiary/aromatic N) is 1. The van der Waals surface area contributed by atoms with E-state index in [2.05, 4.69) is 40.7 Å². The topological polar surface area (TPSA) is 79.9 Å². The van der Waals surface area contributed by atoms with Gasteiger partial charge < -0.3 is 25.5 Å². The summed E-state index contributed by atoms with van der Waals surface area (Å²) in [5, 5.41) is 0. The van der Waals surface area contributed by atoms with Crippen LogP contribution >= 0.6 is 9.42 Å². The van der Waals surface area contributed by atoms with Gasteiger partial charge in [0.1, 0.15) is 0 Å². The maximum Gasteiger partial charge on any atom is 0.0267 e. The molecule has 0 bridgehead atoms. The molecule has 0 aliphatic carbocycles. The molecule has 1 aromatic heterocycles. The second-order valence-corrected chi connectivity index (χ2v) is 1.02. The Labute approximate surface area is 102 Å². The molecule has 1 heterocycles. The number of hydrogen-bond donors (Lipinski definition) is 0. The Morgan fingerprint density at radius 2 is 1.14 bits per heavy atom. The predicted octanol–water partition coefficient (Wildman–Crippen LogP) is 4.41. The van der Waals surface area contributed by atoms with Crippen molar-refractivity contribution in [1.29, 1.82) is 0 Å². The van der Waals surface area contributed by atoms with Crippen LogP contribution in [0.4, 0.5) is 0 Å². The number of pyridine rings is 1. The molecule has 0 aliphatic heterocycles. The zero-order valence-electron chi connectivity index (χ0n) is 7.75. The zero-order chi connectivity index (χ0) is 10.2. The van der Waals surface area contributed by atoms with Crippen molar-refractivity contribution in [3.05, 3.63) is 69.2 Å². The molecule has 0 spiro atoms. The van der Waals surface area contributed by atoms with Crippen molar-refractivity contribution in [2.24, 2.45) is 0 Å². The summed E-state index contributed by atoms with van der Waals surface area (Å²) in [4.78, 5) is 3.78. The number of nitrogens with two attached hydrogens (primary N) is 2. The van der Waals surface area contributed by atoms with Gasteiger partial charge in [0.15, 0.2) is 0 Å². The minimum atomic E-state index is 0. The van der Waals surface area contributed by atoms with E-state index in [0.29, 0.717) is 0 Å². The van der Waals surface area contributed by atoms with Crippen LogP contribution in [0.15, 0.2) is 43.8 Å². The molecule has 0 aliphatic rings. The molecule has 0 atom stereocenters. The van der Waals surface area contributed by atoms with Crippen molar-refractivity contribution in [2.45, 2.75) is 0 Å². The summed E-state index contributed by atoms with van der Waals surface area (Å²) in [5.41, 5.74) is 0. The first-order valence-electron chi connectivity index (χ1n) is 2.79. The van der Waals surface area contributed by atoms with Gasteiger partial charge in [-0.2, -0.15) is 0 Å². The van der Waals surface area contributed by atoms with Crippen LogP contribution in [-0.4, -0.2) is 4.98 Å². The summed E-state index contributed by atoms with van der Waals surface area (Å²) in [7, 11) is 4.61. The van der Waals surface area contributed by atoms with Crippen molar-refractivity contribution >= 4 is 9.42 Å². The van der Waals surface area contributed by atoms with E-state index >= 15 is 0 Å². The molecular weight excluding hydrogens is 381 g/mol. The summed E-state index contributed by atoms with van der Waals surface area (Å²) in [6, 6.07) is 5.72. The first-order valence-corrected chi connectivity index (χ1v) is 5.60. The van der Waals surface area contributed by atoms with Crippen LogP contribution in [-0.2, 0) is 18.8 Å². The predicted molar refractivity (Wildman–Crippen MR) is 60.5 cm³/mol.